The van der Waals surface area contributed by atoms with Gasteiger partial charge < -0.3 is 14.2 Å². The Morgan fingerprint density at radius 2 is 0.446 bits per heavy atom. The first-order chi connectivity index (χ1) is 36.5. The van der Waals surface area contributed by atoms with Crippen molar-refractivity contribution in [1.29, 1.82) is 0 Å². The number of esters is 3. The van der Waals surface area contributed by atoms with E-state index >= 15 is 0 Å². The van der Waals surface area contributed by atoms with Gasteiger partial charge in [-0.2, -0.15) is 0 Å². The SMILES string of the molecule is CCCCCCCC/C=C\CCCCCCCCCC(=O)OCC(COC(=O)CCCCCCCCCCCCCCCCCCCCCCC)OC(=O)CCCCCCCCC/C=C\CCCCCCCCC. The molecule has 0 spiro atoms. The molecule has 0 aromatic rings. The highest BCUT2D eigenvalue weighted by Crippen LogP contribution is 2.18. The van der Waals surface area contributed by atoms with Crippen LogP contribution in [0, 0.1) is 0 Å². The van der Waals surface area contributed by atoms with E-state index in [1.165, 1.54) is 276 Å². The molecule has 1 unspecified atom stereocenters. The van der Waals surface area contributed by atoms with E-state index in [1.807, 2.05) is 0 Å². The van der Waals surface area contributed by atoms with Crippen molar-refractivity contribution in [3.63, 3.8) is 0 Å². The molecule has 0 aliphatic heterocycles. The van der Waals surface area contributed by atoms with Crippen LogP contribution in [0.3, 0.4) is 0 Å². The van der Waals surface area contributed by atoms with E-state index in [4.69, 9.17) is 14.2 Å². The summed E-state index contributed by atoms with van der Waals surface area (Å²) >= 11 is 0. The highest BCUT2D eigenvalue weighted by molar-refractivity contribution is 5.71. The number of hydrogen-bond donors (Lipinski definition) is 0. The lowest BCUT2D eigenvalue weighted by Crippen LogP contribution is -2.30. The van der Waals surface area contributed by atoms with Crippen LogP contribution in [0.2, 0.25) is 0 Å². The number of rotatable bonds is 62. The quantitative estimate of drug-likeness (QED) is 0.0261. The van der Waals surface area contributed by atoms with Gasteiger partial charge >= 0.3 is 17.9 Å². The molecule has 74 heavy (non-hydrogen) atoms. The lowest BCUT2D eigenvalue weighted by molar-refractivity contribution is -0.167. The van der Waals surface area contributed by atoms with Crippen LogP contribution in [-0.4, -0.2) is 37.2 Å². The highest BCUT2D eigenvalue weighted by Gasteiger charge is 2.19. The topological polar surface area (TPSA) is 78.9 Å². The minimum absolute atomic E-state index is 0.0691. The molecule has 0 amide bonds. The maximum Gasteiger partial charge on any atom is 0.306 e. The Balaban J connectivity index is 4.31. The van der Waals surface area contributed by atoms with Crippen molar-refractivity contribution >= 4 is 17.9 Å². The Hall–Kier alpha value is -2.11. The van der Waals surface area contributed by atoms with Crippen molar-refractivity contribution in [2.45, 2.75) is 380 Å². The van der Waals surface area contributed by atoms with Crippen molar-refractivity contribution in [3.8, 4) is 0 Å². The maximum atomic E-state index is 12.9. The molecule has 0 aliphatic carbocycles. The molecular formula is C68H128O6. The molecule has 0 fully saturated rings. The molecule has 0 bridgehead atoms. The van der Waals surface area contributed by atoms with E-state index in [9.17, 15) is 14.4 Å². The fourth-order valence-corrected chi connectivity index (χ4v) is 10.1. The maximum absolute atomic E-state index is 12.9. The summed E-state index contributed by atoms with van der Waals surface area (Å²) in [4.78, 5) is 38.4. The van der Waals surface area contributed by atoms with E-state index in [0.29, 0.717) is 19.3 Å². The number of hydrogen-bond acceptors (Lipinski definition) is 6. The summed E-state index contributed by atoms with van der Waals surface area (Å²) < 4.78 is 17.0. The standard InChI is InChI=1S/C68H128O6/c1-4-7-10-13-16-19-22-25-28-31-33-34-35-38-40-43-46-49-52-55-58-61-67(70)73-64-65(63-72-66(69)60-57-54-51-48-45-42-39-36-30-27-24-21-18-15-12-9-6-3)74-68(71)62-59-56-53-50-47-44-41-37-32-29-26-23-20-17-14-11-8-5-2/h27,29-30,32,65H,4-26,28,31,33-64H2,1-3H3/b30-27-,32-29-. The second-order valence-corrected chi connectivity index (χ2v) is 22.7. The summed E-state index contributed by atoms with van der Waals surface area (Å²) in [7, 11) is 0. The summed E-state index contributed by atoms with van der Waals surface area (Å²) in [6.07, 6.45) is 76.1. The highest BCUT2D eigenvalue weighted by atomic mass is 16.6. The largest absolute Gasteiger partial charge is 0.462 e. The summed E-state index contributed by atoms with van der Waals surface area (Å²) in [5.41, 5.74) is 0. The van der Waals surface area contributed by atoms with Gasteiger partial charge in [0.1, 0.15) is 13.2 Å². The number of carbonyl (C=O) groups excluding carboxylic acids is 3. The predicted octanol–water partition coefficient (Wildman–Crippen LogP) is 22.6. The second-order valence-electron chi connectivity index (χ2n) is 22.7. The minimum atomic E-state index is -0.773. The van der Waals surface area contributed by atoms with Crippen LogP contribution in [0.1, 0.15) is 374 Å². The summed E-state index contributed by atoms with van der Waals surface area (Å²) in [5.74, 6) is -0.849. The van der Waals surface area contributed by atoms with E-state index in [0.717, 1.165) is 57.8 Å². The van der Waals surface area contributed by atoms with Crippen LogP contribution >= 0.6 is 0 Å². The molecule has 0 saturated heterocycles. The second kappa shape index (κ2) is 63.4. The molecule has 6 nitrogen and oxygen atoms in total. The van der Waals surface area contributed by atoms with Crippen LogP contribution < -0.4 is 0 Å². The third-order valence-corrected chi connectivity index (χ3v) is 15.2. The van der Waals surface area contributed by atoms with Crippen molar-refractivity contribution in [2.75, 3.05) is 13.2 Å². The summed E-state index contributed by atoms with van der Waals surface area (Å²) in [6, 6.07) is 0. The molecule has 0 aliphatic rings. The zero-order valence-corrected chi connectivity index (χ0v) is 50.1. The van der Waals surface area contributed by atoms with E-state index in [1.54, 1.807) is 0 Å². The molecular weight excluding hydrogens is 913 g/mol. The molecule has 0 radical (unpaired) electrons. The van der Waals surface area contributed by atoms with Crippen molar-refractivity contribution < 1.29 is 28.6 Å². The van der Waals surface area contributed by atoms with Crippen LogP contribution in [0.15, 0.2) is 24.3 Å². The molecule has 6 heteroatoms. The van der Waals surface area contributed by atoms with Crippen molar-refractivity contribution in [3.05, 3.63) is 24.3 Å². The fourth-order valence-electron chi connectivity index (χ4n) is 10.1. The van der Waals surface area contributed by atoms with Gasteiger partial charge in [-0.1, -0.05) is 308 Å². The van der Waals surface area contributed by atoms with Gasteiger partial charge in [-0.3, -0.25) is 14.4 Å². The van der Waals surface area contributed by atoms with E-state index in [2.05, 4.69) is 45.1 Å². The van der Waals surface area contributed by atoms with Gasteiger partial charge in [0.25, 0.3) is 0 Å². The van der Waals surface area contributed by atoms with Gasteiger partial charge in [0.2, 0.25) is 0 Å². The fraction of sp³-hybridized carbons (Fsp3) is 0.897. The van der Waals surface area contributed by atoms with Crippen molar-refractivity contribution in [2.24, 2.45) is 0 Å². The Morgan fingerprint density at radius 3 is 0.676 bits per heavy atom. The van der Waals surface area contributed by atoms with Gasteiger partial charge in [0.15, 0.2) is 6.10 Å². The molecule has 0 saturated carbocycles. The number of allylic oxidation sites excluding steroid dienone is 4. The molecule has 0 aromatic carbocycles. The zero-order valence-electron chi connectivity index (χ0n) is 50.1. The Kier molecular flexibility index (Phi) is 61.6. The zero-order chi connectivity index (χ0) is 53.6. The summed E-state index contributed by atoms with van der Waals surface area (Å²) in [6.45, 7) is 6.70. The van der Waals surface area contributed by atoms with Gasteiger partial charge in [0.05, 0.1) is 0 Å². The average Bonchev–Trinajstić information content (AvgIpc) is 3.40. The lowest BCUT2D eigenvalue weighted by atomic mass is 10.0. The molecule has 0 heterocycles. The van der Waals surface area contributed by atoms with Gasteiger partial charge in [-0.15, -0.1) is 0 Å². The van der Waals surface area contributed by atoms with Crippen LogP contribution in [0.4, 0.5) is 0 Å². The Bertz CT molecular complexity index is 1190. The molecule has 1 atom stereocenters. The van der Waals surface area contributed by atoms with Gasteiger partial charge in [-0.05, 0) is 70.6 Å². The molecule has 0 aromatic heterocycles. The Labute approximate surface area is 462 Å². The van der Waals surface area contributed by atoms with E-state index < -0.39 is 6.10 Å². The number of unbranched alkanes of at least 4 members (excludes halogenated alkanes) is 47. The third-order valence-electron chi connectivity index (χ3n) is 15.2. The number of ether oxygens (including phenoxy) is 3. The monoisotopic (exact) mass is 1040 g/mol. The minimum Gasteiger partial charge on any atom is -0.462 e. The molecule has 0 rings (SSSR count). The Morgan fingerprint density at radius 1 is 0.257 bits per heavy atom. The lowest BCUT2D eigenvalue weighted by Gasteiger charge is -2.18. The molecule has 0 N–H and O–H groups in total. The van der Waals surface area contributed by atoms with Gasteiger partial charge in [-0.25, -0.2) is 0 Å². The first kappa shape index (κ1) is 71.9. The third kappa shape index (κ3) is 60.8. The van der Waals surface area contributed by atoms with Crippen LogP contribution in [0.5, 0.6) is 0 Å². The van der Waals surface area contributed by atoms with Gasteiger partial charge in [0, 0.05) is 19.3 Å². The smallest absolute Gasteiger partial charge is 0.306 e. The normalized spacial score (nSPS) is 12.1. The number of carbonyl (C=O) groups is 3. The average molecular weight is 1040 g/mol. The first-order valence-electron chi connectivity index (χ1n) is 33.3. The first-order valence-corrected chi connectivity index (χ1v) is 33.3. The van der Waals surface area contributed by atoms with Crippen molar-refractivity contribution in [1.82, 2.24) is 0 Å². The van der Waals surface area contributed by atoms with E-state index in [-0.39, 0.29) is 31.1 Å². The van der Waals surface area contributed by atoms with Crippen LogP contribution in [0.25, 0.3) is 0 Å². The summed E-state index contributed by atoms with van der Waals surface area (Å²) in [5, 5.41) is 0. The molecule has 436 valence electrons. The van der Waals surface area contributed by atoms with Crippen LogP contribution in [-0.2, 0) is 28.6 Å². The predicted molar refractivity (Wildman–Crippen MR) is 321 cm³/mol.